The third kappa shape index (κ3) is 1.37. The quantitative estimate of drug-likeness (QED) is 0.397. The number of rotatable bonds is 0. The van der Waals surface area contributed by atoms with Crippen LogP contribution >= 0.6 is 0 Å². The molecule has 40 valence electrons. The summed E-state index contributed by atoms with van der Waals surface area (Å²) in [5, 5.41) is 0. The van der Waals surface area contributed by atoms with Crippen LogP contribution in [0.5, 0.6) is 0 Å². The van der Waals surface area contributed by atoms with Gasteiger partial charge in [-0.3, -0.25) is 4.99 Å². The Balaban J connectivity index is 2.69. The second-order valence-corrected chi connectivity index (χ2v) is 1.85. The lowest BCUT2D eigenvalue weighted by atomic mass is 9.96. The van der Waals surface area contributed by atoms with Crippen molar-refractivity contribution in [2.45, 2.75) is 6.42 Å². The van der Waals surface area contributed by atoms with Crippen molar-refractivity contribution in [3.63, 3.8) is 0 Å². The number of aliphatic imine (C=N–C) groups is 1. The smallest absolute Gasteiger partial charge is 0.140 e. The van der Waals surface area contributed by atoms with E-state index in [9.17, 15) is 0 Å². The van der Waals surface area contributed by atoms with Gasteiger partial charge in [0.1, 0.15) is 7.85 Å². The van der Waals surface area contributed by atoms with Crippen LogP contribution in [0.4, 0.5) is 0 Å². The van der Waals surface area contributed by atoms with Crippen LogP contribution in [-0.4, -0.2) is 14.1 Å². The van der Waals surface area contributed by atoms with Crippen molar-refractivity contribution in [3.05, 3.63) is 23.8 Å². The highest BCUT2D eigenvalue weighted by Crippen LogP contribution is 1.94. The molecule has 0 amide bonds. The zero-order chi connectivity index (χ0) is 5.82. The van der Waals surface area contributed by atoms with E-state index in [-0.39, 0.29) is 0 Å². The van der Waals surface area contributed by atoms with Gasteiger partial charge in [0.15, 0.2) is 0 Å². The summed E-state index contributed by atoms with van der Waals surface area (Å²) >= 11 is 0. The Morgan fingerprint density at radius 2 is 2.50 bits per heavy atom. The minimum absolute atomic E-state index is 1.02. The molecule has 1 rings (SSSR count). The van der Waals surface area contributed by atoms with Crippen LogP contribution in [0.2, 0.25) is 0 Å². The van der Waals surface area contributed by atoms with E-state index in [1.165, 1.54) is 5.47 Å². The van der Waals surface area contributed by atoms with Gasteiger partial charge in [-0.25, -0.2) is 0 Å². The molecule has 1 heterocycles. The standard InChI is InChI=1S/C6H8BN/c7-6-3-1-2-4-8-5-6/h2-5H,1,7H2. The lowest BCUT2D eigenvalue weighted by Gasteiger charge is -1.81. The zero-order valence-electron chi connectivity index (χ0n) is 4.96. The van der Waals surface area contributed by atoms with Crippen molar-refractivity contribution in [2.75, 3.05) is 0 Å². The normalized spacial score (nSPS) is 17.8. The summed E-state index contributed by atoms with van der Waals surface area (Å²) in [6, 6.07) is 0. The molecule has 0 aromatic rings. The summed E-state index contributed by atoms with van der Waals surface area (Å²) in [5.74, 6) is 0. The molecule has 0 aliphatic carbocycles. The third-order valence-corrected chi connectivity index (χ3v) is 1.05. The molecule has 1 nitrogen and oxygen atoms in total. The van der Waals surface area contributed by atoms with Gasteiger partial charge >= 0.3 is 0 Å². The Labute approximate surface area is 50.2 Å². The van der Waals surface area contributed by atoms with E-state index >= 15 is 0 Å². The Morgan fingerprint density at radius 3 is 3.38 bits per heavy atom. The van der Waals surface area contributed by atoms with E-state index < -0.39 is 0 Å². The summed E-state index contributed by atoms with van der Waals surface area (Å²) in [7, 11) is 2.05. The van der Waals surface area contributed by atoms with Crippen molar-refractivity contribution < 1.29 is 0 Å². The Kier molecular flexibility index (Phi) is 1.68. The number of allylic oxidation sites excluding steroid dienone is 3. The topological polar surface area (TPSA) is 12.4 Å². The molecule has 0 fully saturated rings. The Morgan fingerprint density at radius 1 is 1.62 bits per heavy atom. The summed E-state index contributed by atoms with van der Waals surface area (Å²) < 4.78 is 0. The fourth-order valence-corrected chi connectivity index (χ4v) is 0.589. The van der Waals surface area contributed by atoms with E-state index in [4.69, 9.17) is 0 Å². The number of nitrogens with zero attached hydrogens (tertiary/aromatic N) is 1. The Hall–Kier alpha value is -0.785. The van der Waals surface area contributed by atoms with E-state index in [0.717, 1.165) is 6.42 Å². The fourth-order valence-electron chi connectivity index (χ4n) is 0.589. The predicted octanol–water partition coefficient (Wildman–Crippen LogP) is 0.492. The molecule has 1 aliphatic heterocycles. The molecular weight excluding hydrogens is 96.9 g/mol. The van der Waals surface area contributed by atoms with Gasteiger partial charge in [0.05, 0.1) is 0 Å². The van der Waals surface area contributed by atoms with Crippen molar-refractivity contribution in [3.8, 4) is 0 Å². The van der Waals surface area contributed by atoms with E-state index in [1.807, 2.05) is 18.5 Å². The first-order chi connectivity index (χ1) is 3.89. The van der Waals surface area contributed by atoms with E-state index in [2.05, 4.69) is 18.9 Å². The summed E-state index contributed by atoms with van der Waals surface area (Å²) in [6.45, 7) is 0. The molecule has 8 heavy (non-hydrogen) atoms. The van der Waals surface area contributed by atoms with Crippen LogP contribution in [0.25, 0.3) is 0 Å². The van der Waals surface area contributed by atoms with Gasteiger partial charge in [-0.2, -0.15) is 0 Å². The van der Waals surface area contributed by atoms with Crippen molar-refractivity contribution in [2.24, 2.45) is 4.99 Å². The van der Waals surface area contributed by atoms with Crippen LogP contribution in [-0.2, 0) is 0 Å². The van der Waals surface area contributed by atoms with Gasteiger partial charge in [-0.05, 0) is 6.42 Å². The lowest BCUT2D eigenvalue weighted by molar-refractivity contribution is 1.38. The molecule has 0 N–H and O–H groups in total. The molecule has 0 atom stereocenters. The highest BCUT2D eigenvalue weighted by atomic mass is 14.7. The summed E-state index contributed by atoms with van der Waals surface area (Å²) in [6.07, 6.45) is 8.89. The fraction of sp³-hybridized carbons (Fsp3) is 0.167. The van der Waals surface area contributed by atoms with Gasteiger partial charge in [-0.1, -0.05) is 17.6 Å². The molecular formula is C6H8BN. The average molecular weight is 105 g/mol. The van der Waals surface area contributed by atoms with Crippen LogP contribution in [0.15, 0.2) is 28.8 Å². The summed E-state index contributed by atoms with van der Waals surface area (Å²) in [5.41, 5.74) is 1.25. The maximum absolute atomic E-state index is 3.98. The van der Waals surface area contributed by atoms with Gasteiger partial charge < -0.3 is 0 Å². The Bertz CT molecular complexity index is 153. The van der Waals surface area contributed by atoms with E-state index in [0.29, 0.717) is 0 Å². The van der Waals surface area contributed by atoms with Crippen LogP contribution < -0.4 is 0 Å². The second-order valence-electron chi connectivity index (χ2n) is 1.85. The molecule has 1 aliphatic rings. The lowest BCUT2D eigenvalue weighted by Crippen LogP contribution is -1.78. The number of hydrogen-bond donors (Lipinski definition) is 0. The highest BCUT2D eigenvalue weighted by Gasteiger charge is 1.82. The van der Waals surface area contributed by atoms with Gasteiger partial charge in [-0.15, -0.1) is 0 Å². The number of hydrogen-bond acceptors (Lipinski definition) is 1. The molecule has 0 spiro atoms. The largest absolute Gasteiger partial charge is 0.266 e. The third-order valence-electron chi connectivity index (χ3n) is 1.05. The van der Waals surface area contributed by atoms with Gasteiger partial charge in [0.25, 0.3) is 0 Å². The molecule has 0 radical (unpaired) electrons. The SMILES string of the molecule is BC1=CCC=CN=C1. The minimum atomic E-state index is 1.02. The van der Waals surface area contributed by atoms with Crippen LogP contribution in [0, 0.1) is 0 Å². The molecule has 0 aromatic heterocycles. The van der Waals surface area contributed by atoms with Gasteiger partial charge in [0.2, 0.25) is 0 Å². The summed E-state index contributed by atoms with van der Waals surface area (Å²) in [4.78, 5) is 3.98. The van der Waals surface area contributed by atoms with E-state index in [1.54, 1.807) is 0 Å². The van der Waals surface area contributed by atoms with Crippen molar-refractivity contribution in [1.29, 1.82) is 0 Å². The van der Waals surface area contributed by atoms with Crippen molar-refractivity contribution in [1.82, 2.24) is 0 Å². The van der Waals surface area contributed by atoms with Crippen LogP contribution in [0.3, 0.4) is 0 Å². The predicted molar refractivity (Wildman–Crippen MR) is 38.9 cm³/mol. The monoisotopic (exact) mass is 105 g/mol. The molecule has 0 bridgehead atoms. The second kappa shape index (κ2) is 2.50. The molecule has 0 saturated heterocycles. The first kappa shape index (κ1) is 5.35. The van der Waals surface area contributed by atoms with Gasteiger partial charge in [0, 0.05) is 12.4 Å². The first-order valence-corrected chi connectivity index (χ1v) is 2.74. The molecule has 2 heteroatoms. The maximum Gasteiger partial charge on any atom is 0.140 e. The average Bonchev–Trinajstić information content (AvgIpc) is 1.94. The molecule has 0 unspecified atom stereocenters. The zero-order valence-corrected chi connectivity index (χ0v) is 4.96. The maximum atomic E-state index is 3.98. The highest BCUT2D eigenvalue weighted by molar-refractivity contribution is 6.32. The minimum Gasteiger partial charge on any atom is -0.266 e. The van der Waals surface area contributed by atoms with Crippen molar-refractivity contribution >= 4 is 14.1 Å². The van der Waals surface area contributed by atoms with Crippen LogP contribution in [0.1, 0.15) is 6.42 Å². The molecule has 0 aromatic carbocycles. The first-order valence-electron chi connectivity index (χ1n) is 2.74. The molecule has 0 saturated carbocycles.